The summed E-state index contributed by atoms with van der Waals surface area (Å²) in [4.78, 5) is 21.4. The quantitative estimate of drug-likeness (QED) is 0.340. The van der Waals surface area contributed by atoms with E-state index in [0.717, 1.165) is 5.56 Å². The monoisotopic (exact) mass is 233 g/mol. The molecule has 1 heterocycles. The van der Waals surface area contributed by atoms with E-state index in [1.54, 1.807) is 18.2 Å². The Balaban J connectivity index is 2.21. The highest BCUT2D eigenvalue weighted by Crippen LogP contribution is 2.23. The number of nitrogens with zero attached hydrogens (tertiary/aromatic N) is 1. The standard InChI is InChI=1S/C12H11NO4/c1-8-6-10(12(14)17-8)7-9-2-4-11(5-3-9)13(15)16/h2-5,7-8H,6H2,1H3. The molecule has 0 bridgehead atoms. The zero-order valence-electron chi connectivity index (χ0n) is 9.25. The third-order valence-electron chi connectivity index (χ3n) is 2.52. The van der Waals surface area contributed by atoms with Crippen LogP contribution in [-0.2, 0) is 9.53 Å². The minimum absolute atomic E-state index is 0.0366. The van der Waals surface area contributed by atoms with Gasteiger partial charge in [-0.2, -0.15) is 0 Å². The maximum absolute atomic E-state index is 11.4. The Labute approximate surface area is 97.9 Å². The average molecular weight is 233 g/mol. The van der Waals surface area contributed by atoms with Crippen molar-refractivity contribution in [2.45, 2.75) is 19.4 Å². The Bertz CT molecular complexity index is 490. The summed E-state index contributed by atoms with van der Waals surface area (Å²) in [6.45, 7) is 1.83. The third-order valence-corrected chi connectivity index (χ3v) is 2.52. The van der Waals surface area contributed by atoms with Gasteiger partial charge in [0.15, 0.2) is 0 Å². The van der Waals surface area contributed by atoms with Gasteiger partial charge in [-0.15, -0.1) is 0 Å². The number of ether oxygens (including phenoxy) is 1. The van der Waals surface area contributed by atoms with Crippen LogP contribution in [0.4, 0.5) is 5.69 Å². The van der Waals surface area contributed by atoms with Crippen molar-refractivity contribution in [2.75, 3.05) is 0 Å². The summed E-state index contributed by atoms with van der Waals surface area (Å²) in [6.07, 6.45) is 2.19. The molecule has 1 aliphatic rings. The molecule has 5 nitrogen and oxygen atoms in total. The fourth-order valence-corrected chi connectivity index (χ4v) is 1.70. The number of nitro groups is 1. The minimum atomic E-state index is -0.456. The summed E-state index contributed by atoms with van der Waals surface area (Å²) in [5.74, 6) is -0.309. The normalized spacial score (nSPS) is 21.6. The van der Waals surface area contributed by atoms with Gasteiger partial charge in [-0.3, -0.25) is 10.1 Å². The molecular formula is C12H11NO4. The molecule has 0 amide bonds. The van der Waals surface area contributed by atoms with Crippen molar-refractivity contribution in [3.05, 3.63) is 45.5 Å². The number of benzene rings is 1. The van der Waals surface area contributed by atoms with E-state index in [-0.39, 0.29) is 17.8 Å². The van der Waals surface area contributed by atoms with Crippen LogP contribution in [0.3, 0.4) is 0 Å². The van der Waals surface area contributed by atoms with Crippen molar-refractivity contribution in [3.63, 3.8) is 0 Å². The van der Waals surface area contributed by atoms with Crippen molar-refractivity contribution in [3.8, 4) is 0 Å². The molecule has 1 aromatic carbocycles. The van der Waals surface area contributed by atoms with E-state index < -0.39 is 4.92 Å². The van der Waals surface area contributed by atoms with Crippen LogP contribution < -0.4 is 0 Å². The van der Waals surface area contributed by atoms with Crippen LogP contribution in [0.1, 0.15) is 18.9 Å². The average Bonchev–Trinajstić information content (AvgIpc) is 2.58. The smallest absolute Gasteiger partial charge is 0.334 e. The highest BCUT2D eigenvalue weighted by Gasteiger charge is 2.25. The molecule has 1 saturated heterocycles. The van der Waals surface area contributed by atoms with E-state index in [2.05, 4.69) is 0 Å². The van der Waals surface area contributed by atoms with Crippen molar-refractivity contribution in [1.82, 2.24) is 0 Å². The molecular weight excluding hydrogens is 222 g/mol. The van der Waals surface area contributed by atoms with Crippen LogP contribution in [-0.4, -0.2) is 17.0 Å². The molecule has 1 aliphatic heterocycles. The lowest BCUT2D eigenvalue weighted by Crippen LogP contribution is -1.99. The molecule has 0 aliphatic carbocycles. The van der Waals surface area contributed by atoms with Gasteiger partial charge in [-0.1, -0.05) is 0 Å². The number of carbonyl (C=O) groups is 1. The van der Waals surface area contributed by atoms with Gasteiger partial charge in [0.1, 0.15) is 6.10 Å². The molecule has 17 heavy (non-hydrogen) atoms. The first-order valence-electron chi connectivity index (χ1n) is 5.22. The summed E-state index contributed by atoms with van der Waals surface area (Å²) < 4.78 is 4.99. The lowest BCUT2D eigenvalue weighted by Gasteiger charge is -1.95. The van der Waals surface area contributed by atoms with E-state index in [9.17, 15) is 14.9 Å². The molecule has 0 N–H and O–H groups in total. The summed E-state index contributed by atoms with van der Waals surface area (Å²) in [5.41, 5.74) is 1.40. The van der Waals surface area contributed by atoms with Crippen molar-refractivity contribution in [1.29, 1.82) is 0 Å². The van der Waals surface area contributed by atoms with Gasteiger partial charge >= 0.3 is 5.97 Å². The Morgan fingerprint density at radius 3 is 2.53 bits per heavy atom. The number of cyclic esters (lactones) is 1. The second-order valence-corrected chi connectivity index (χ2v) is 3.94. The van der Waals surface area contributed by atoms with Gasteiger partial charge in [0.05, 0.1) is 4.92 Å². The van der Waals surface area contributed by atoms with Crippen LogP contribution in [0, 0.1) is 10.1 Å². The molecule has 1 unspecified atom stereocenters. The molecule has 0 saturated carbocycles. The summed E-state index contributed by atoms with van der Waals surface area (Å²) in [7, 11) is 0. The molecule has 5 heteroatoms. The number of esters is 1. The SMILES string of the molecule is CC1CC(=Cc2ccc([N+](=O)[O-])cc2)C(=O)O1. The first-order chi connectivity index (χ1) is 8.06. The summed E-state index contributed by atoms with van der Waals surface area (Å²) in [6, 6.07) is 6.05. The zero-order chi connectivity index (χ0) is 12.4. The maximum Gasteiger partial charge on any atom is 0.334 e. The number of non-ortho nitro benzene ring substituents is 1. The number of nitro benzene ring substituents is 1. The lowest BCUT2D eigenvalue weighted by molar-refractivity contribution is -0.384. The molecule has 2 rings (SSSR count). The van der Waals surface area contributed by atoms with E-state index in [1.165, 1.54) is 12.1 Å². The van der Waals surface area contributed by atoms with Gasteiger partial charge in [0, 0.05) is 24.1 Å². The number of rotatable bonds is 2. The van der Waals surface area contributed by atoms with Crippen molar-refractivity contribution in [2.24, 2.45) is 0 Å². The minimum Gasteiger partial charge on any atom is -0.459 e. The van der Waals surface area contributed by atoms with Gasteiger partial charge in [-0.05, 0) is 30.7 Å². The second kappa shape index (κ2) is 4.37. The Morgan fingerprint density at radius 2 is 2.06 bits per heavy atom. The molecule has 88 valence electrons. The van der Waals surface area contributed by atoms with E-state index in [4.69, 9.17) is 4.74 Å². The summed E-state index contributed by atoms with van der Waals surface area (Å²) in [5, 5.41) is 10.5. The molecule has 0 spiro atoms. The van der Waals surface area contributed by atoms with Gasteiger partial charge < -0.3 is 4.74 Å². The molecule has 1 aromatic rings. The van der Waals surface area contributed by atoms with Crippen molar-refractivity contribution < 1.29 is 14.5 Å². The van der Waals surface area contributed by atoms with Crippen LogP contribution in [0.15, 0.2) is 29.8 Å². The third kappa shape index (κ3) is 2.50. The van der Waals surface area contributed by atoms with Crippen LogP contribution in [0.2, 0.25) is 0 Å². The number of carbonyl (C=O) groups excluding carboxylic acids is 1. The predicted molar refractivity (Wildman–Crippen MR) is 61.2 cm³/mol. The van der Waals surface area contributed by atoms with Crippen LogP contribution in [0.25, 0.3) is 6.08 Å². The lowest BCUT2D eigenvalue weighted by atomic mass is 10.1. The molecule has 0 aromatic heterocycles. The van der Waals surface area contributed by atoms with Gasteiger partial charge in [0.25, 0.3) is 5.69 Å². The van der Waals surface area contributed by atoms with E-state index in [0.29, 0.717) is 12.0 Å². The van der Waals surface area contributed by atoms with Gasteiger partial charge in [-0.25, -0.2) is 4.79 Å². The molecule has 1 fully saturated rings. The highest BCUT2D eigenvalue weighted by atomic mass is 16.6. The maximum atomic E-state index is 11.4. The second-order valence-electron chi connectivity index (χ2n) is 3.94. The highest BCUT2D eigenvalue weighted by molar-refractivity contribution is 5.95. The van der Waals surface area contributed by atoms with E-state index in [1.807, 2.05) is 6.92 Å². The fraction of sp³-hybridized carbons (Fsp3) is 0.250. The Hall–Kier alpha value is -2.17. The Morgan fingerprint density at radius 1 is 1.41 bits per heavy atom. The Kier molecular flexibility index (Phi) is 2.91. The first kappa shape index (κ1) is 11.3. The number of hydrogen-bond donors (Lipinski definition) is 0. The summed E-state index contributed by atoms with van der Waals surface area (Å²) >= 11 is 0. The van der Waals surface area contributed by atoms with Gasteiger partial charge in [0.2, 0.25) is 0 Å². The fourth-order valence-electron chi connectivity index (χ4n) is 1.70. The van der Waals surface area contributed by atoms with Crippen LogP contribution in [0.5, 0.6) is 0 Å². The van der Waals surface area contributed by atoms with E-state index >= 15 is 0 Å². The van der Waals surface area contributed by atoms with Crippen LogP contribution >= 0.6 is 0 Å². The number of hydrogen-bond acceptors (Lipinski definition) is 4. The largest absolute Gasteiger partial charge is 0.459 e. The topological polar surface area (TPSA) is 69.4 Å². The first-order valence-corrected chi connectivity index (χ1v) is 5.22. The molecule has 1 atom stereocenters. The predicted octanol–water partition coefficient (Wildman–Crippen LogP) is 2.31. The molecule has 0 radical (unpaired) electrons. The zero-order valence-corrected chi connectivity index (χ0v) is 9.25. The van der Waals surface area contributed by atoms with Crippen molar-refractivity contribution >= 4 is 17.7 Å².